The van der Waals surface area contributed by atoms with Crippen molar-refractivity contribution < 1.29 is 0 Å². The standard InChI is InChI=1S/C22H25N3OS/c1-13(2)25-16-4-5-17(25)12-24(11-16)15-6-7-18-21(9-15)27-22-10-20(26)14(3)8-19(22)23-18/h6-10,13,16-17H,4-5,11-12H2,1-3H3/t16-,17+. The molecule has 0 aromatic heterocycles. The summed E-state index contributed by atoms with van der Waals surface area (Å²) >= 11 is 1.68. The van der Waals surface area contributed by atoms with Crippen LogP contribution >= 0.6 is 11.3 Å². The molecule has 2 atom stereocenters. The maximum atomic E-state index is 12.0. The molecule has 0 saturated carbocycles. The Morgan fingerprint density at radius 3 is 2.56 bits per heavy atom. The van der Waals surface area contributed by atoms with Gasteiger partial charge in [0.2, 0.25) is 0 Å². The molecule has 2 bridgehead atoms. The molecule has 4 aliphatic rings. The van der Waals surface area contributed by atoms with Crippen molar-refractivity contribution in [3.05, 3.63) is 46.1 Å². The zero-order valence-corrected chi connectivity index (χ0v) is 16.9. The molecular weight excluding hydrogens is 354 g/mol. The van der Waals surface area contributed by atoms with Gasteiger partial charge in [0.05, 0.1) is 20.8 Å². The summed E-state index contributed by atoms with van der Waals surface area (Å²) in [5.41, 5.74) is 4.07. The average Bonchev–Trinajstić information content (AvgIpc) is 2.91. The maximum absolute atomic E-state index is 12.0. The Kier molecular flexibility index (Phi) is 3.99. The van der Waals surface area contributed by atoms with Crippen LogP contribution in [0.3, 0.4) is 0 Å². The van der Waals surface area contributed by atoms with Crippen LogP contribution in [0.4, 0.5) is 5.69 Å². The van der Waals surface area contributed by atoms with Crippen LogP contribution in [0.1, 0.15) is 32.3 Å². The molecule has 2 fully saturated rings. The fourth-order valence-corrected chi connectivity index (χ4v) is 5.94. The molecule has 3 heterocycles. The number of aryl methyl sites for hydroxylation is 1. The van der Waals surface area contributed by atoms with E-state index >= 15 is 0 Å². The van der Waals surface area contributed by atoms with Gasteiger partial charge < -0.3 is 4.90 Å². The molecule has 5 heteroatoms. The van der Waals surface area contributed by atoms with Crippen LogP contribution in [-0.2, 0) is 0 Å². The molecule has 1 aromatic carbocycles. The lowest BCUT2D eigenvalue weighted by atomic mass is 10.1. The second kappa shape index (κ2) is 6.28. The van der Waals surface area contributed by atoms with E-state index in [4.69, 9.17) is 4.98 Å². The van der Waals surface area contributed by atoms with Gasteiger partial charge in [-0.05, 0) is 63.4 Å². The second-order valence-electron chi connectivity index (χ2n) is 8.28. The summed E-state index contributed by atoms with van der Waals surface area (Å²) in [4.78, 5) is 23.0. The van der Waals surface area contributed by atoms with E-state index in [-0.39, 0.29) is 5.43 Å². The highest BCUT2D eigenvalue weighted by Gasteiger charge is 2.41. The molecule has 140 valence electrons. The third kappa shape index (κ3) is 2.84. The second-order valence-corrected chi connectivity index (χ2v) is 9.37. The van der Waals surface area contributed by atoms with Crippen LogP contribution in [0, 0.1) is 6.92 Å². The van der Waals surface area contributed by atoms with E-state index in [1.165, 1.54) is 18.5 Å². The molecule has 1 aliphatic carbocycles. The van der Waals surface area contributed by atoms with Gasteiger partial charge in [-0.2, -0.15) is 0 Å². The molecule has 2 saturated heterocycles. The van der Waals surface area contributed by atoms with Crippen molar-refractivity contribution in [3.8, 4) is 10.6 Å². The first-order chi connectivity index (χ1) is 13.0. The number of aromatic nitrogens is 1. The number of hydrogen-bond donors (Lipinski definition) is 0. The van der Waals surface area contributed by atoms with E-state index in [1.807, 2.05) is 13.0 Å². The molecular formula is C22H25N3OS. The van der Waals surface area contributed by atoms with Gasteiger partial charge in [-0.25, -0.2) is 4.98 Å². The number of piperazine rings is 1. The lowest BCUT2D eigenvalue weighted by Gasteiger charge is -2.44. The zero-order valence-electron chi connectivity index (χ0n) is 16.1. The smallest absolute Gasteiger partial charge is 0.183 e. The third-order valence-corrected chi connectivity index (χ3v) is 7.25. The molecule has 4 nitrogen and oxygen atoms in total. The fraction of sp³-hybridized carbons (Fsp3) is 0.455. The van der Waals surface area contributed by atoms with Gasteiger partial charge in [-0.15, -0.1) is 11.3 Å². The molecule has 1 aromatic rings. The van der Waals surface area contributed by atoms with Crippen molar-refractivity contribution >= 4 is 27.2 Å². The van der Waals surface area contributed by atoms with E-state index in [1.54, 1.807) is 17.4 Å². The molecule has 0 amide bonds. The normalized spacial score (nSPS) is 23.0. The fourth-order valence-electron chi connectivity index (χ4n) is 4.93. The predicted octanol–water partition coefficient (Wildman–Crippen LogP) is 4.13. The van der Waals surface area contributed by atoms with Crippen molar-refractivity contribution in [3.63, 3.8) is 0 Å². The lowest BCUT2D eigenvalue weighted by molar-refractivity contribution is 0.129. The van der Waals surface area contributed by atoms with Gasteiger partial charge in [0.25, 0.3) is 0 Å². The number of anilines is 1. The first-order valence-corrected chi connectivity index (χ1v) is 10.7. The Morgan fingerprint density at radius 2 is 1.85 bits per heavy atom. The van der Waals surface area contributed by atoms with E-state index in [0.29, 0.717) is 18.1 Å². The number of fused-ring (bicyclic) bond motifs is 4. The van der Waals surface area contributed by atoms with E-state index in [9.17, 15) is 4.79 Å². The van der Waals surface area contributed by atoms with E-state index in [2.05, 4.69) is 41.8 Å². The monoisotopic (exact) mass is 379 g/mol. The molecule has 0 spiro atoms. The number of benzene rings is 2. The van der Waals surface area contributed by atoms with E-state index in [0.717, 1.165) is 39.4 Å². The molecule has 27 heavy (non-hydrogen) atoms. The third-order valence-electron chi connectivity index (χ3n) is 6.16. The summed E-state index contributed by atoms with van der Waals surface area (Å²) in [5, 5.41) is 0. The van der Waals surface area contributed by atoms with Crippen molar-refractivity contribution in [1.82, 2.24) is 9.88 Å². The van der Waals surface area contributed by atoms with Crippen LogP contribution in [-0.4, -0.2) is 41.1 Å². The summed E-state index contributed by atoms with van der Waals surface area (Å²) in [5.74, 6) is 0. The molecule has 0 radical (unpaired) electrons. The Labute approximate surface area is 163 Å². The van der Waals surface area contributed by atoms with Crippen LogP contribution < -0.4 is 10.3 Å². The van der Waals surface area contributed by atoms with Gasteiger partial charge in [0, 0.05) is 43.0 Å². The minimum Gasteiger partial charge on any atom is -0.368 e. The number of hydrogen-bond acceptors (Lipinski definition) is 5. The number of rotatable bonds is 2. The first-order valence-electron chi connectivity index (χ1n) is 9.87. The van der Waals surface area contributed by atoms with Gasteiger partial charge >= 0.3 is 0 Å². The largest absolute Gasteiger partial charge is 0.368 e. The van der Waals surface area contributed by atoms with E-state index < -0.39 is 0 Å². The lowest BCUT2D eigenvalue weighted by Crippen LogP contribution is -2.56. The van der Waals surface area contributed by atoms with Crippen LogP contribution in [0.2, 0.25) is 0 Å². The highest BCUT2D eigenvalue weighted by atomic mass is 32.1. The first kappa shape index (κ1) is 17.1. The highest BCUT2D eigenvalue weighted by Crippen LogP contribution is 2.36. The molecule has 0 N–H and O–H groups in total. The zero-order chi connectivity index (χ0) is 18.7. The Morgan fingerprint density at radius 1 is 1.11 bits per heavy atom. The summed E-state index contributed by atoms with van der Waals surface area (Å²) in [6, 6.07) is 12.2. The van der Waals surface area contributed by atoms with Crippen molar-refractivity contribution in [1.29, 1.82) is 0 Å². The molecule has 0 unspecified atom stereocenters. The van der Waals surface area contributed by atoms with Crippen LogP contribution in [0.5, 0.6) is 0 Å². The predicted molar refractivity (Wildman–Crippen MR) is 113 cm³/mol. The Balaban J connectivity index is 1.52. The summed E-state index contributed by atoms with van der Waals surface area (Å²) in [7, 11) is 0. The highest BCUT2D eigenvalue weighted by molar-refractivity contribution is 7.21. The quantitative estimate of drug-likeness (QED) is 0.627. The topological polar surface area (TPSA) is 36.4 Å². The average molecular weight is 380 g/mol. The van der Waals surface area contributed by atoms with Gasteiger partial charge in [0.15, 0.2) is 5.43 Å². The summed E-state index contributed by atoms with van der Waals surface area (Å²) in [6.45, 7) is 8.71. The Hall–Kier alpha value is -1.98. The van der Waals surface area contributed by atoms with Gasteiger partial charge in [-0.1, -0.05) is 0 Å². The minimum atomic E-state index is 0.0948. The Bertz CT molecular complexity index is 1030. The van der Waals surface area contributed by atoms with Crippen molar-refractivity contribution in [2.45, 2.75) is 51.7 Å². The maximum Gasteiger partial charge on any atom is 0.183 e. The van der Waals surface area contributed by atoms with Crippen molar-refractivity contribution in [2.75, 3.05) is 18.0 Å². The van der Waals surface area contributed by atoms with Gasteiger partial charge in [0.1, 0.15) is 0 Å². The summed E-state index contributed by atoms with van der Waals surface area (Å²) in [6.07, 6.45) is 2.63. The number of nitrogens with zero attached hydrogens (tertiary/aromatic N) is 3. The summed E-state index contributed by atoms with van der Waals surface area (Å²) < 4.78 is 1.15. The SMILES string of the molecule is Cc1cc2nc3ccc(N4C[C@H]5CC[C@@H](C4)N5C(C)C)cc3sc-2cc1=O. The minimum absolute atomic E-state index is 0.0948. The molecule has 5 rings (SSSR count). The van der Waals surface area contributed by atoms with Crippen LogP contribution in [0.25, 0.3) is 20.8 Å². The van der Waals surface area contributed by atoms with Crippen molar-refractivity contribution in [2.24, 2.45) is 0 Å². The van der Waals surface area contributed by atoms with Gasteiger partial charge in [-0.3, -0.25) is 9.69 Å². The molecule has 3 aliphatic heterocycles. The van der Waals surface area contributed by atoms with Crippen LogP contribution in [0.15, 0.2) is 35.1 Å².